The molecule has 0 bridgehead atoms. The summed E-state index contributed by atoms with van der Waals surface area (Å²) in [7, 11) is 0. The Kier molecular flexibility index (Phi) is 6.82. The number of amides is 2. The van der Waals surface area contributed by atoms with Crippen LogP contribution in [0.25, 0.3) is 21.9 Å². The van der Waals surface area contributed by atoms with Crippen LogP contribution in [0.2, 0.25) is 0 Å². The predicted molar refractivity (Wildman–Crippen MR) is 131 cm³/mol. The van der Waals surface area contributed by atoms with E-state index < -0.39 is 17.9 Å². The molecule has 0 spiro atoms. The predicted octanol–water partition coefficient (Wildman–Crippen LogP) is 5.83. The van der Waals surface area contributed by atoms with Crippen LogP contribution in [0.15, 0.2) is 54.6 Å². The van der Waals surface area contributed by atoms with E-state index in [1.807, 2.05) is 48.5 Å². The lowest BCUT2D eigenvalue weighted by molar-refractivity contribution is -0.141. The molecule has 0 aromatic heterocycles. The number of carboxylic acids is 1. The Morgan fingerprint density at radius 1 is 1.06 bits per heavy atom. The molecule has 1 atom stereocenters. The molecule has 1 saturated carbocycles. The highest BCUT2D eigenvalue weighted by Crippen LogP contribution is 2.35. The summed E-state index contributed by atoms with van der Waals surface area (Å²) in [6, 6.07) is 17.2. The number of anilines is 1. The number of rotatable bonds is 8. The number of benzene rings is 3. The first-order chi connectivity index (χ1) is 15.9. The molecule has 4 rings (SSSR count). The minimum absolute atomic E-state index is 0.459. The summed E-state index contributed by atoms with van der Waals surface area (Å²) in [6.45, 7) is 2.42. The highest BCUT2D eigenvalue weighted by molar-refractivity contribution is 5.94. The number of carbonyl (C=O) groups excluding carboxylic acids is 1. The molecule has 1 unspecified atom stereocenters. The summed E-state index contributed by atoms with van der Waals surface area (Å²) < 4.78 is 6.28. The second-order valence-electron chi connectivity index (χ2n) is 9.00. The van der Waals surface area contributed by atoms with Gasteiger partial charge >= 0.3 is 12.0 Å². The van der Waals surface area contributed by atoms with Crippen molar-refractivity contribution in [2.24, 2.45) is 17.6 Å². The Hall–Kier alpha value is -3.54. The number of primary amides is 1. The van der Waals surface area contributed by atoms with Crippen molar-refractivity contribution in [3.05, 3.63) is 60.2 Å². The highest BCUT2D eigenvalue weighted by Gasteiger charge is 2.18. The lowest BCUT2D eigenvalue weighted by Gasteiger charge is -2.17. The number of carbonyl (C=O) groups is 2. The Labute approximate surface area is 193 Å². The van der Waals surface area contributed by atoms with Crippen LogP contribution in [-0.2, 0) is 11.2 Å². The van der Waals surface area contributed by atoms with Gasteiger partial charge < -0.3 is 20.9 Å². The third-order valence-electron chi connectivity index (χ3n) is 6.38. The van der Waals surface area contributed by atoms with Crippen molar-refractivity contribution in [2.45, 2.75) is 39.0 Å². The van der Waals surface area contributed by atoms with Crippen molar-refractivity contribution < 1.29 is 19.4 Å². The SMILES string of the molecule is CC(Cc1ccc(OCC2CCCC2)c(-c2ccc3cc(NC(N)=O)ccc3c2)c1)C(=O)O. The summed E-state index contributed by atoms with van der Waals surface area (Å²) >= 11 is 0. The maximum atomic E-state index is 11.4. The molecule has 0 saturated heterocycles. The van der Waals surface area contributed by atoms with Crippen LogP contribution in [0.5, 0.6) is 5.75 Å². The van der Waals surface area contributed by atoms with Gasteiger partial charge in [-0.25, -0.2) is 4.79 Å². The van der Waals surface area contributed by atoms with Crippen LogP contribution in [-0.4, -0.2) is 23.7 Å². The maximum Gasteiger partial charge on any atom is 0.316 e. The highest BCUT2D eigenvalue weighted by atomic mass is 16.5. The third-order valence-corrected chi connectivity index (χ3v) is 6.38. The second kappa shape index (κ2) is 9.94. The average Bonchev–Trinajstić information content (AvgIpc) is 3.31. The topological polar surface area (TPSA) is 102 Å². The van der Waals surface area contributed by atoms with Gasteiger partial charge in [-0.2, -0.15) is 0 Å². The zero-order valence-electron chi connectivity index (χ0n) is 18.8. The van der Waals surface area contributed by atoms with E-state index in [-0.39, 0.29) is 0 Å². The van der Waals surface area contributed by atoms with Crippen molar-refractivity contribution in [1.29, 1.82) is 0 Å². The zero-order chi connectivity index (χ0) is 23.4. The number of hydrogen-bond acceptors (Lipinski definition) is 3. The van der Waals surface area contributed by atoms with Gasteiger partial charge in [0.05, 0.1) is 12.5 Å². The normalized spacial score (nSPS) is 14.8. The quantitative estimate of drug-likeness (QED) is 0.405. The Morgan fingerprint density at radius 3 is 2.52 bits per heavy atom. The van der Waals surface area contributed by atoms with Crippen LogP contribution in [0.1, 0.15) is 38.2 Å². The number of nitrogens with two attached hydrogens (primary N) is 1. The van der Waals surface area contributed by atoms with E-state index in [1.54, 1.807) is 6.92 Å². The van der Waals surface area contributed by atoms with E-state index in [0.29, 0.717) is 24.6 Å². The molecule has 33 heavy (non-hydrogen) atoms. The Morgan fingerprint density at radius 2 is 1.79 bits per heavy atom. The smallest absolute Gasteiger partial charge is 0.316 e. The van der Waals surface area contributed by atoms with Gasteiger partial charge in [0.2, 0.25) is 0 Å². The van der Waals surface area contributed by atoms with Crippen molar-refractivity contribution in [3.63, 3.8) is 0 Å². The zero-order valence-corrected chi connectivity index (χ0v) is 18.8. The summed E-state index contributed by atoms with van der Waals surface area (Å²) in [5, 5.41) is 13.9. The number of urea groups is 1. The molecular weight excluding hydrogens is 416 g/mol. The monoisotopic (exact) mass is 446 g/mol. The number of aliphatic carboxylic acids is 1. The van der Waals surface area contributed by atoms with Gasteiger partial charge in [0, 0.05) is 11.3 Å². The van der Waals surface area contributed by atoms with Gasteiger partial charge in [-0.3, -0.25) is 4.79 Å². The summed E-state index contributed by atoms with van der Waals surface area (Å²) in [4.78, 5) is 22.5. The molecule has 3 aromatic rings. The molecule has 0 aliphatic heterocycles. The fourth-order valence-corrected chi connectivity index (χ4v) is 4.51. The fourth-order valence-electron chi connectivity index (χ4n) is 4.51. The second-order valence-corrected chi connectivity index (χ2v) is 9.00. The van der Waals surface area contributed by atoms with Gasteiger partial charge in [0.1, 0.15) is 5.75 Å². The molecule has 0 radical (unpaired) electrons. The lowest BCUT2D eigenvalue weighted by atomic mass is 9.95. The van der Waals surface area contributed by atoms with Crippen molar-refractivity contribution in [3.8, 4) is 16.9 Å². The average molecular weight is 447 g/mol. The van der Waals surface area contributed by atoms with Crippen molar-refractivity contribution >= 4 is 28.5 Å². The lowest BCUT2D eigenvalue weighted by Crippen LogP contribution is -2.19. The number of carboxylic acid groups (broad SMARTS) is 1. The number of hydrogen-bond donors (Lipinski definition) is 3. The molecule has 1 fully saturated rings. The van der Waals surface area contributed by atoms with E-state index in [9.17, 15) is 14.7 Å². The van der Waals surface area contributed by atoms with Crippen LogP contribution in [0.3, 0.4) is 0 Å². The van der Waals surface area contributed by atoms with E-state index in [2.05, 4.69) is 11.4 Å². The Bertz CT molecular complexity index is 1170. The van der Waals surface area contributed by atoms with E-state index in [4.69, 9.17) is 10.5 Å². The van der Waals surface area contributed by atoms with Gasteiger partial charge in [0.25, 0.3) is 0 Å². The molecule has 1 aliphatic carbocycles. The molecular formula is C27H30N2O4. The van der Waals surface area contributed by atoms with Gasteiger partial charge in [0.15, 0.2) is 0 Å². The van der Waals surface area contributed by atoms with Crippen LogP contribution in [0.4, 0.5) is 10.5 Å². The molecule has 2 amide bonds. The standard InChI is InChI=1S/C27H30N2O4/c1-17(26(30)31)12-19-6-11-25(33-16-18-4-2-3-5-18)24(13-19)22-8-7-21-15-23(29-27(28)32)10-9-20(21)14-22/h6-11,13-15,17-18H,2-5,12,16H2,1H3,(H,30,31)(H3,28,29,32). The van der Waals surface area contributed by atoms with E-state index in [0.717, 1.165) is 33.2 Å². The summed E-state index contributed by atoms with van der Waals surface area (Å²) in [5.74, 6) is 0.150. The summed E-state index contributed by atoms with van der Waals surface area (Å²) in [5.41, 5.74) is 8.80. The number of fused-ring (bicyclic) bond motifs is 1. The minimum atomic E-state index is -0.802. The molecule has 4 N–H and O–H groups in total. The van der Waals surface area contributed by atoms with Crippen LogP contribution >= 0.6 is 0 Å². The van der Waals surface area contributed by atoms with Crippen molar-refractivity contribution in [1.82, 2.24) is 0 Å². The molecule has 3 aromatic carbocycles. The number of ether oxygens (including phenoxy) is 1. The van der Waals surface area contributed by atoms with E-state index >= 15 is 0 Å². The van der Waals surface area contributed by atoms with Crippen LogP contribution in [0, 0.1) is 11.8 Å². The first kappa shape index (κ1) is 22.6. The van der Waals surface area contributed by atoms with Crippen LogP contribution < -0.4 is 15.8 Å². The largest absolute Gasteiger partial charge is 0.493 e. The fraction of sp³-hybridized carbons (Fsp3) is 0.333. The number of nitrogens with one attached hydrogen (secondary N) is 1. The molecule has 1 aliphatic rings. The maximum absolute atomic E-state index is 11.4. The van der Waals surface area contributed by atoms with Gasteiger partial charge in [-0.05, 0) is 77.4 Å². The first-order valence-corrected chi connectivity index (χ1v) is 11.5. The molecule has 6 nitrogen and oxygen atoms in total. The van der Waals surface area contributed by atoms with Gasteiger partial charge in [-0.15, -0.1) is 0 Å². The minimum Gasteiger partial charge on any atom is -0.493 e. The third kappa shape index (κ3) is 5.64. The molecule has 0 heterocycles. The van der Waals surface area contributed by atoms with Crippen molar-refractivity contribution in [2.75, 3.05) is 11.9 Å². The summed E-state index contributed by atoms with van der Waals surface area (Å²) in [6.07, 6.45) is 5.41. The Balaban J connectivity index is 1.67. The first-order valence-electron chi connectivity index (χ1n) is 11.5. The van der Waals surface area contributed by atoms with Gasteiger partial charge in [-0.1, -0.05) is 44.0 Å². The molecule has 172 valence electrons. The molecule has 6 heteroatoms. The van der Waals surface area contributed by atoms with E-state index in [1.165, 1.54) is 25.7 Å².